The lowest BCUT2D eigenvalue weighted by molar-refractivity contribution is -0.119. The molecule has 2 fully saturated rings. The number of piperidine rings is 1. The van der Waals surface area contributed by atoms with Crippen molar-refractivity contribution >= 4 is 17.7 Å². The van der Waals surface area contributed by atoms with Crippen LogP contribution in [-0.4, -0.2) is 56.5 Å². The molecule has 0 radical (unpaired) electrons. The highest BCUT2D eigenvalue weighted by molar-refractivity contribution is 7.99. The highest BCUT2D eigenvalue weighted by Crippen LogP contribution is 2.29. The summed E-state index contributed by atoms with van der Waals surface area (Å²) in [6.45, 7) is 6.24. The minimum absolute atomic E-state index is 0.0851. The predicted octanol–water partition coefficient (Wildman–Crippen LogP) is 2.72. The summed E-state index contributed by atoms with van der Waals surface area (Å²) >= 11 is 1.45. The second-order valence-electron chi connectivity index (χ2n) is 7.55. The van der Waals surface area contributed by atoms with Crippen LogP contribution in [0.5, 0.6) is 0 Å². The summed E-state index contributed by atoms with van der Waals surface area (Å²) < 4.78 is 2.03. The molecule has 1 aromatic heterocycles. The Hall–Kier alpha value is -1.86. The molecule has 4 rings (SSSR count). The molecule has 2 heterocycles. The molecule has 27 heavy (non-hydrogen) atoms. The number of likely N-dealkylation sites (tertiary alicyclic amines) is 1. The fourth-order valence-electron chi connectivity index (χ4n) is 3.78. The number of carbonyl (C=O) groups excluding carboxylic acids is 1. The summed E-state index contributed by atoms with van der Waals surface area (Å²) in [5.41, 5.74) is 2.23. The number of hydrogen-bond donors (Lipinski definition) is 1. The first-order valence-electron chi connectivity index (χ1n) is 9.76. The van der Waals surface area contributed by atoms with E-state index in [2.05, 4.69) is 39.5 Å². The van der Waals surface area contributed by atoms with Gasteiger partial charge in [-0.1, -0.05) is 30.0 Å². The van der Waals surface area contributed by atoms with Crippen LogP contribution >= 0.6 is 11.8 Å². The molecule has 1 N–H and O–H groups in total. The molecule has 7 heteroatoms. The smallest absolute Gasteiger partial charge is 0.230 e. The molecule has 1 aliphatic heterocycles. The van der Waals surface area contributed by atoms with Crippen molar-refractivity contribution < 1.29 is 4.79 Å². The third-order valence-electron chi connectivity index (χ3n) is 5.44. The molecule has 0 unspecified atom stereocenters. The average molecular weight is 386 g/mol. The van der Waals surface area contributed by atoms with E-state index in [1.165, 1.54) is 24.6 Å². The van der Waals surface area contributed by atoms with Crippen molar-refractivity contribution in [2.75, 3.05) is 18.8 Å². The van der Waals surface area contributed by atoms with Crippen LogP contribution in [-0.2, 0) is 4.79 Å². The number of nitrogens with one attached hydrogen (secondary N) is 1. The first-order valence-corrected chi connectivity index (χ1v) is 10.7. The molecule has 1 aromatic carbocycles. The maximum atomic E-state index is 12.4. The number of aromatic nitrogens is 3. The van der Waals surface area contributed by atoms with Crippen LogP contribution in [0.15, 0.2) is 29.4 Å². The van der Waals surface area contributed by atoms with E-state index in [0.29, 0.717) is 11.8 Å². The van der Waals surface area contributed by atoms with Crippen LogP contribution in [0, 0.1) is 13.8 Å². The molecule has 1 amide bonds. The molecule has 0 bridgehead atoms. The van der Waals surface area contributed by atoms with Crippen LogP contribution in [0.25, 0.3) is 5.69 Å². The molecule has 6 nitrogen and oxygen atoms in total. The average Bonchev–Trinajstić information content (AvgIpc) is 3.45. The summed E-state index contributed by atoms with van der Waals surface area (Å²) in [4.78, 5) is 15.0. The van der Waals surface area contributed by atoms with Crippen molar-refractivity contribution in [3.63, 3.8) is 0 Å². The van der Waals surface area contributed by atoms with Gasteiger partial charge in [-0.25, -0.2) is 0 Å². The number of rotatable bonds is 6. The van der Waals surface area contributed by atoms with Crippen LogP contribution in [0.4, 0.5) is 0 Å². The highest BCUT2D eigenvalue weighted by atomic mass is 32.2. The zero-order chi connectivity index (χ0) is 18.8. The number of amides is 1. The van der Waals surface area contributed by atoms with Gasteiger partial charge < -0.3 is 10.2 Å². The van der Waals surface area contributed by atoms with E-state index in [1.54, 1.807) is 0 Å². The van der Waals surface area contributed by atoms with E-state index in [4.69, 9.17) is 0 Å². The standard InChI is InChI=1S/C20H27N5OS/c1-14-5-3-4-6-18(14)25-15(2)22-23-20(25)27-13-19(26)21-16-9-11-24(12-10-16)17-7-8-17/h3-6,16-17H,7-13H2,1-2H3,(H,21,26). The largest absolute Gasteiger partial charge is 0.353 e. The second kappa shape index (κ2) is 8.02. The van der Waals surface area contributed by atoms with Gasteiger partial charge >= 0.3 is 0 Å². The van der Waals surface area contributed by atoms with Gasteiger partial charge in [0.2, 0.25) is 5.91 Å². The van der Waals surface area contributed by atoms with Gasteiger partial charge in [0.1, 0.15) is 5.82 Å². The Morgan fingerprint density at radius 3 is 2.59 bits per heavy atom. The number of para-hydroxylation sites is 1. The Morgan fingerprint density at radius 2 is 1.89 bits per heavy atom. The van der Waals surface area contributed by atoms with Gasteiger partial charge in [0.15, 0.2) is 5.16 Å². The van der Waals surface area contributed by atoms with Gasteiger partial charge in [0, 0.05) is 25.2 Å². The number of nitrogens with zero attached hydrogens (tertiary/aromatic N) is 4. The Labute approximate surface area is 164 Å². The number of hydrogen-bond acceptors (Lipinski definition) is 5. The maximum absolute atomic E-state index is 12.4. The molecular weight excluding hydrogens is 358 g/mol. The molecule has 144 valence electrons. The maximum Gasteiger partial charge on any atom is 0.230 e. The quantitative estimate of drug-likeness (QED) is 0.775. The fourth-order valence-corrected chi connectivity index (χ4v) is 4.58. The summed E-state index contributed by atoms with van der Waals surface area (Å²) in [6, 6.07) is 9.30. The number of thioether (sulfide) groups is 1. The summed E-state index contributed by atoms with van der Waals surface area (Å²) in [7, 11) is 0. The SMILES string of the molecule is Cc1ccccc1-n1c(C)nnc1SCC(=O)NC1CCN(C2CC2)CC1. The van der Waals surface area contributed by atoms with E-state index in [-0.39, 0.29) is 5.91 Å². The topological polar surface area (TPSA) is 63.1 Å². The van der Waals surface area contributed by atoms with Crippen molar-refractivity contribution in [3.8, 4) is 5.69 Å². The van der Waals surface area contributed by atoms with Crippen LogP contribution in [0.1, 0.15) is 37.1 Å². The molecule has 1 saturated heterocycles. The Kier molecular flexibility index (Phi) is 5.50. The molecule has 2 aromatic rings. The number of aryl methyl sites for hydroxylation is 2. The zero-order valence-electron chi connectivity index (χ0n) is 16.0. The van der Waals surface area contributed by atoms with E-state index < -0.39 is 0 Å². The van der Waals surface area contributed by atoms with Crippen molar-refractivity contribution in [3.05, 3.63) is 35.7 Å². The van der Waals surface area contributed by atoms with E-state index in [0.717, 1.165) is 54.2 Å². The Balaban J connectivity index is 1.33. The molecule has 2 aliphatic rings. The van der Waals surface area contributed by atoms with Gasteiger partial charge in [-0.05, 0) is 51.2 Å². The molecule has 0 spiro atoms. The summed E-state index contributed by atoms with van der Waals surface area (Å²) in [5.74, 6) is 1.29. The van der Waals surface area contributed by atoms with E-state index in [9.17, 15) is 4.79 Å². The predicted molar refractivity (Wildman–Crippen MR) is 107 cm³/mol. The third-order valence-corrected chi connectivity index (χ3v) is 6.37. The van der Waals surface area contributed by atoms with Gasteiger partial charge in [-0.2, -0.15) is 0 Å². The van der Waals surface area contributed by atoms with E-state index >= 15 is 0 Å². The Morgan fingerprint density at radius 1 is 1.15 bits per heavy atom. The van der Waals surface area contributed by atoms with Gasteiger partial charge in [-0.3, -0.25) is 9.36 Å². The molecule has 1 saturated carbocycles. The van der Waals surface area contributed by atoms with Crippen molar-refractivity contribution in [1.82, 2.24) is 25.0 Å². The molecule has 1 aliphatic carbocycles. The van der Waals surface area contributed by atoms with Crippen molar-refractivity contribution in [2.24, 2.45) is 0 Å². The Bertz CT molecular complexity index is 808. The normalized spacial score (nSPS) is 18.6. The van der Waals surface area contributed by atoms with Crippen LogP contribution in [0.2, 0.25) is 0 Å². The van der Waals surface area contributed by atoms with Gasteiger partial charge in [-0.15, -0.1) is 10.2 Å². The minimum atomic E-state index is 0.0851. The summed E-state index contributed by atoms with van der Waals surface area (Å²) in [6.07, 6.45) is 4.83. The van der Waals surface area contributed by atoms with Crippen LogP contribution in [0.3, 0.4) is 0 Å². The first kappa shape index (κ1) is 18.5. The lowest BCUT2D eigenvalue weighted by atomic mass is 10.1. The molecule has 0 atom stereocenters. The van der Waals surface area contributed by atoms with Gasteiger partial charge in [0.25, 0.3) is 0 Å². The minimum Gasteiger partial charge on any atom is -0.353 e. The van der Waals surface area contributed by atoms with Gasteiger partial charge in [0.05, 0.1) is 11.4 Å². The lowest BCUT2D eigenvalue weighted by Crippen LogP contribution is -2.45. The number of benzene rings is 1. The van der Waals surface area contributed by atoms with Crippen LogP contribution < -0.4 is 5.32 Å². The zero-order valence-corrected chi connectivity index (χ0v) is 16.8. The fraction of sp³-hybridized carbons (Fsp3) is 0.550. The highest BCUT2D eigenvalue weighted by Gasteiger charge is 2.32. The summed E-state index contributed by atoms with van der Waals surface area (Å²) in [5, 5.41) is 12.5. The van der Waals surface area contributed by atoms with E-state index in [1.807, 2.05) is 23.6 Å². The monoisotopic (exact) mass is 385 g/mol. The molecular formula is C20H27N5OS. The van der Waals surface area contributed by atoms with Crippen molar-refractivity contribution in [2.45, 2.75) is 56.8 Å². The second-order valence-corrected chi connectivity index (χ2v) is 8.49. The third kappa shape index (κ3) is 4.35. The lowest BCUT2D eigenvalue weighted by Gasteiger charge is -2.32. The number of carbonyl (C=O) groups is 1. The first-order chi connectivity index (χ1) is 13.1. The van der Waals surface area contributed by atoms with Crippen molar-refractivity contribution in [1.29, 1.82) is 0 Å².